The fourth-order valence-electron chi connectivity index (χ4n) is 1.65. The molecule has 0 saturated carbocycles. The number of hydrogen-bond donors (Lipinski definition) is 1. The van der Waals surface area contributed by atoms with Gasteiger partial charge in [0.25, 0.3) is 0 Å². The van der Waals surface area contributed by atoms with Crippen LogP contribution in [0, 0.1) is 13.8 Å². The van der Waals surface area contributed by atoms with E-state index in [1.54, 1.807) is 0 Å². The van der Waals surface area contributed by atoms with Crippen molar-refractivity contribution in [2.45, 2.75) is 13.8 Å². The summed E-state index contributed by atoms with van der Waals surface area (Å²) in [5.74, 6) is 1.62. The van der Waals surface area contributed by atoms with Gasteiger partial charge in [-0.05, 0) is 31.5 Å². The van der Waals surface area contributed by atoms with Crippen LogP contribution in [0.1, 0.15) is 11.1 Å². The maximum Gasteiger partial charge on any atom is 0.137 e. The molecule has 0 bridgehead atoms. The number of nitrogens with one attached hydrogen (secondary N) is 1. The molecule has 19 heavy (non-hydrogen) atoms. The Morgan fingerprint density at radius 1 is 1.26 bits per heavy atom. The van der Waals surface area contributed by atoms with Crippen LogP contribution in [-0.4, -0.2) is 23.1 Å². The summed E-state index contributed by atoms with van der Waals surface area (Å²) in [7, 11) is 0. The van der Waals surface area contributed by atoms with Gasteiger partial charge >= 0.3 is 0 Å². The molecule has 0 spiro atoms. The van der Waals surface area contributed by atoms with Gasteiger partial charge in [0.1, 0.15) is 29.7 Å². The molecule has 1 aromatic carbocycles. The average molecular weight is 278 g/mol. The first kappa shape index (κ1) is 13.6. The summed E-state index contributed by atoms with van der Waals surface area (Å²) < 4.78 is 5.64. The molecule has 0 unspecified atom stereocenters. The highest BCUT2D eigenvalue weighted by Crippen LogP contribution is 2.17. The number of anilines is 1. The van der Waals surface area contributed by atoms with E-state index in [2.05, 4.69) is 15.3 Å². The van der Waals surface area contributed by atoms with Gasteiger partial charge < -0.3 is 10.1 Å². The number of aryl methyl sites for hydroxylation is 1. The van der Waals surface area contributed by atoms with E-state index in [1.807, 2.05) is 38.1 Å². The molecular formula is C14H16ClN3O. The average Bonchev–Trinajstić information content (AvgIpc) is 2.39. The standard InChI is InChI=1S/C14H16ClN3O/c1-10-4-3-5-12(8-10)19-7-6-16-14-11(2)13(15)17-9-18-14/h3-5,8-9H,6-7H2,1-2H3,(H,16,17,18). The lowest BCUT2D eigenvalue weighted by Gasteiger charge is -2.10. The Kier molecular flexibility index (Phi) is 4.58. The van der Waals surface area contributed by atoms with Gasteiger partial charge in [0, 0.05) is 5.56 Å². The third-order valence-electron chi connectivity index (χ3n) is 2.68. The zero-order chi connectivity index (χ0) is 13.7. The first-order chi connectivity index (χ1) is 9.16. The van der Waals surface area contributed by atoms with E-state index in [9.17, 15) is 0 Å². The summed E-state index contributed by atoms with van der Waals surface area (Å²) in [5, 5.41) is 3.65. The topological polar surface area (TPSA) is 47.0 Å². The molecule has 0 aliphatic heterocycles. The van der Waals surface area contributed by atoms with Crippen molar-refractivity contribution in [2.24, 2.45) is 0 Å². The second-order valence-corrected chi connectivity index (χ2v) is 4.59. The first-order valence-corrected chi connectivity index (χ1v) is 6.45. The Labute approximate surface area is 117 Å². The Morgan fingerprint density at radius 3 is 2.89 bits per heavy atom. The zero-order valence-corrected chi connectivity index (χ0v) is 11.7. The maximum atomic E-state index is 5.92. The first-order valence-electron chi connectivity index (χ1n) is 6.07. The van der Waals surface area contributed by atoms with E-state index >= 15 is 0 Å². The van der Waals surface area contributed by atoms with Crippen molar-refractivity contribution < 1.29 is 4.74 Å². The van der Waals surface area contributed by atoms with Gasteiger partial charge in [0.2, 0.25) is 0 Å². The number of halogens is 1. The summed E-state index contributed by atoms with van der Waals surface area (Å²) in [5.41, 5.74) is 2.03. The third-order valence-corrected chi connectivity index (χ3v) is 3.06. The van der Waals surface area contributed by atoms with E-state index in [0.29, 0.717) is 18.3 Å². The molecule has 1 heterocycles. The van der Waals surface area contributed by atoms with Crippen molar-refractivity contribution in [1.82, 2.24) is 9.97 Å². The highest BCUT2D eigenvalue weighted by Gasteiger charge is 2.03. The molecule has 100 valence electrons. The summed E-state index contributed by atoms with van der Waals surface area (Å²) in [6.07, 6.45) is 1.44. The molecule has 4 nitrogen and oxygen atoms in total. The third kappa shape index (κ3) is 3.83. The molecule has 0 saturated heterocycles. The van der Waals surface area contributed by atoms with Crippen molar-refractivity contribution in [3.63, 3.8) is 0 Å². The lowest BCUT2D eigenvalue weighted by molar-refractivity contribution is 0.332. The van der Waals surface area contributed by atoms with Crippen LogP contribution in [-0.2, 0) is 0 Å². The van der Waals surface area contributed by atoms with Crippen LogP contribution in [0.15, 0.2) is 30.6 Å². The quantitative estimate of drug-likeness (QED) is 0.673. The molecule has 2 rings (SSSR count). The fraction of sp³-hybridized carbons (Fsp3) is 0.286. The van der Waals surface area contributed by atoms with Crippen molar-refractivity contribution in [1.29, 1.82) is 0 Å². The molecule has 0 aliphatic rings. The van der Waals surface area contributed by atoms with Crippen LogP contribution in [0.2, 0.25) is 5.15 Å². The lowest BCUT2D eigenvalue weighted by Crippen LogP contribution is -2.13. The minimum Gasteiger partial charge on any atom is -0.492 e. The van der Waals surface area contributed by atoms with E-state index < -0.39 is 0 Å². The Morgan fingerprint density at radius 2 is 2.11 bits per heavy atom. The van der Waals surface area contributed by atoms with Gasteiger partial charge in [-0.15, -0.1) is 0 Å². The van der Waals surface area contributed by atoms with Gasteiger partial charge in [-0.1, -0.05) is 23.7 Å². The number of nitrogens with zero attached hydrogens (tertiary/aromatic N) is 2. The van der Waals surface area contributed by atoms with Crippen LogP contribution < -0.4 is 10.1 Å². The summed E-state index contributed by atoms with van der Waals surface area (Å²) in [6, 6.07) is 7.97. The van der Waals surface area contributed by atoms with Gasteiger partial charge in [0.05, 0.1) is 6.54 Å². The summed E-state index contributed by atoms with van der Waals surface area (Å²) in [4.78, 5) is 8.04. The SMILES string of the molecule is Cc1cccc(OCCNc2ncnc(Cl)c2C)c1. The molecule has 5 heteroatoms. The highest BCUT2D eigenvalue weighted by molar-refractivity contribution is 6.30. The van der Waals surface area contributed by atoms with Gasteiger partial charge in [0.15, 0.2) is 0 Å². The van der Waals surface area contributed by atoms with Crippen molar-refractivity contribution in [3.05, 3.63) is 46.9 Å². The molecule has 1 N–H and O–H groups in total. The number of hydrogen-bond acceptors (Lipinski definition) is 4. The van der Waals surface area contributed by atoms with Gasteiger partial charge in [-0.25, -0.2) is 9.97 Å². The molecule has 0 amide bonds. The van der Waals surface area contributed by atoms with E-state index in [1.165, 1.54) is 11.9 Å². The minimum atomic E-state index is 0.470. The second kappa shape index (κ2) is 6.38. The highest BCUT2D eigenvalue weighted by atomic mass is 35.5. The number of benzene rings is 1. The molecule has 0 radical (unpaired) electrons. The second-order valence-electron chi connectivity index (χ2n) is 4.23. The summed E-state index contributed by atoms with van der Waals surface area (Å²) in [6.45, 7) is 5.13. The lowest BCUT2D eigenvalue weighted by atomic mass is 10.2. The van der Waals surface area contributed by atoms with Crippen molar-refractivity contribution >= 4 is 17.4 Å². The monoisotopic (exact) mass is 277 g/mol. The Bertz CT molecular complexity index is 560. The normalized spacial score (nSPS) is 10.3. The predicted octanol–water partition coefficient (Wildman–Crippen LogP) is 3.24. The minimum absolute atomic E-state index is 0.470. The number of rotatable bonds is 5. The van der Waals surface area contributed by atoms with E-state index in [0.717, 1.165) is 17.1 Å². The van der Waals surface area contributed by atoms with Crippen LogP contribution in [0.5, 0.6) is 5.75 Å². The van der Waals surface area contributed by atoms with Crippen LogP contribution in [0.4, 0.5) is 5.82 Å². The molecule has 0 fully saturated rings. The fourth-order valence-corrected chi connectivity index (χ4v) is 1.78. The van der Waals surface area contributed by atoms with Crippen LogP contribution in [0.25, 0.3) is 0 Å². The largest absolute Gasteiger partial charge is 0.492 e. The Balaban J connectivity index is 1.82. The van der Waals surface area contributed by atoms with Crippen LogP contribution >= 0.6 is 11.6 Å². The van der Waals surface area contributed by atoms with Crippen LogP contribution in [0.3, 0.4) is 0 Å². The van der Waals surface area contributed by atoms with Crippen molar-refractivity contribution in [2.75, 3.05) is 18.5 Å². The van der Waals surface area contributed by atoms with Gasteiger partial charge in [-0.3, -0.25) is 0 Å². The molecule has 1 aromatic heterocycles. The summed E-state index contributed by atoms with van der Waals surface area (Å²) >= 11 is 5.92. The molecule has 2 aromatic rings. The Hall–Kier alpha value is -1.81. The maximum absolute atomic E-state index is 5.92. The zero-order valence-electron chi connectivity index (χ0n) is 11.0. The van der Waals surface area contributed by atoms with E-state index in [-0.39, 0.29) is 0 Å². The molecular weight excluding hydrogens is 262 g/mol. The van der Waals surface area contributed by atoms with E-state index in [4.69, 9.17) is 16.3 Å². The molecule has 0 aliphatic carbocycles. The van der Waals surface area contributed by atoms with Gasteiger partial charge in [-0.2, -0.15) is 0 Å². The smallest absolute Gasteiger partial charge is 0.137 e. The molecule has 0 atom stereocenters. The number of ether oxygens (including phenoxy) is 1. The van der Waals surface area contributed by atoms with Crippen molar-refractivity contribution in [3.8, 4) is 5.75 Å². The predicted molar refractivity (Wildman–Crippen MR) is 76.9 cm³/mol. The number of aromatic nitrogens is 2.